The number of rotatable bonds is 7. The summed E-state index contributed by atoms with van der Waals surface area (Å²) in [6.07, 6.45) is 0.424. The van der Waals surface area contributed by atoms with Crippen molar-refractivity contribution in [3.8, 4) is 0 Å². The maximum absolute atomic E-state index is 13.8. The number of sulfonamides is 1. The monoisotopic (exact) mass is 384 g/mol. The van der Waals surface area contributed by atoms with Crippen molar-refractivity contribution in [1.82, 2.24) is 4.72 Å². The van der Waals surface area contributed by atoms with E-state index in [2.05, 4.69) is 20.7 Å². The van der Waals surface area contributed by atoms with Crippen molar-refractivity contribution < 1.29 is 22.5 Å². The van der Waals surface area contributed by atoms with E-state index in [1.165, 1.54) is 7.11 Å². The minimum Gasteiger partial charge on any atom is -0.383 e. The Balaban J connectivity index is 3.25. The molecule has 7 nitrogen and oxygen atoms in total. The molecule has 0 amide bonds. The summed E-state index contributed by atoms with van der Waals surface area (Å²) in [6, 6.07) is 0.882. The number of ether oxygens (including phenoxy) is 1. The standard InChI is InChI=1S/C11H14BrFN2O5S/c1-3-7(6-20-2)14-21(18,19)11-5-10(15(16)17)8(12)4-9(11)13/h4-5,7,14H,3,6H2,1-2H3. The highest BCUT2D eigenvalue weighted by atomic mass is 79.9. The van der Waals surface area contributed by atoms with Crippen molar-refractivity contribution in [3.05, 3.63) is 32.5 Å². The first kappa shape index (κ1) is 18.0. The second kappa shape index (κ2) is 7.25. The molecule has 0 aliphatic rings. The highest BCUT2D eigenvalue weighted by Crippen LogP contribution is 2.30. The largest absolute Gasteiger partial charge is 0.383 e. The third kappa shape index (κ3) is 4.43. The second-order valence-corrected chi connectivity index (χ2v) is 6.71. The molecule has 0 saturated carbocycles. The lowest BCUT2D eigenvalue weighted by atomic mass is 10.3. The summed E-state index contributed by atoms with van der Waals surface area (Å²) in [4.78, 5) is 9.24. The summed E-state index contributed by atoms with van der Waals surface area (Å²) in [5.74, 6) is -1.08. The van der Waals surface area contributed by atoms with Gasteiger partial charge in [-0.15, -0.1) is 0 Å². The molecule has 1 unspecified atom stereocenters. The number of methoxy groups -OCH3 is 1. The maximum atomic E-state index is 13.8. The van der Waals surface area contributed by atoms with Gasteiger partial charge in [0.15, 0.2) is 0 Å². The van der Waals surface area contributed by atoms with Crippen LogP contribution >= 0.6 is 15.9 Å². The fourth-order valence-electron chi connectivity index (χ4n) is 1.58. The molecule has 0 aromatic heterocycles. The molecular formula is C11H14BrFN2O5S. The molecule has 0 fully saturated rings. The predicted octanol–water partition coefficient (Wildman–Crippen LogP) is 2.20. The van der Waals surface area contributed by atoms with Crippen LogP contribution in [0.4, 0.5) is 10.1 Å². The van der Waals surface area contributed by atoms with Gasteiger partial charge in [0.1, 0.15) is 10.7 Å². The molecule has 118 valence electrons. The molecule has 1 aromatic rings. The van der Waals surface area contributed by atoms with E-state index in [4.69, 9.17) is 4.74 Å². The summed E-state index contributed by atoms with van der Waals surface area (Å²) in [7, 11) is -2.82. The molecule has 0 bridgehead atoms. The van der Waals surface area contributed by atoms with E-state index in [-0.39, 0.29) is 11.1 Å². The van der Waals surface area contributed by atoms with Gasteiger partial charge in [0.25, 0.3) is 5.69 Å². The first-order valence-electron chi connectivity index (χ1n) is 5.87. The van der Waals surface area contributed by atoms with Gasteiger partial charge in [0.05, 0.1) is 16.0 Å². The maximum Gasteiger partial charge on any atom is 0.285 e. The molecule has 1 rings (SSSR count). The quantitative estimate of drug-likeness (QED) is 0.573. The van der Waals surface area contributed by atoms with Gasteiger partial charge in [-0.05, 0) is 28.4 Å². The summed E-state index contributed by atoms with van der Waals surface area (Å²) in [6.45, 7) is 1.84. The Bertz CT molecular complexity index is 638. The smallest absolute Gasteiger partial charge is 0.285 e. The van der Waals surface area contributed by atoms with Gasteiger partial charge in [-0.25, -0.2) is 17.5 Å². The summed E-state index contributed by atoms with van der Waals surface area (Å²) >= 11 is 2.82. The van der Waals surface area contributed by atoms with Crippen molar-refractivity contribution in [1.29, 1.82) is 0 Å². The van der Waals surface area contributed by atoms with Crippen LogP contribution in [0.2, 0.25) is 0 Å². The molecule has 1 aromatic carbocycles. The van der Waals surface area contributed by atoms with Crippen LogP contribution < -0.4 is 4.72 Å². The molecule has 0 saturated heterocycles. The van der Waals surface area contributed by atoms with Crippen LogP contribution in [0.5, 0.6) is 0 Å². The molecule has 0 aliphatic heterocycles. The van der Waals surface area contributed by atoms with E-state index in [1.54, 1.807) is 6.92 Å². The Kier molecular flexibility index (Phi) is 6.20. The lowest BCUT2D eigenvalue weighted by Gasteiger charge is -2.16. The van der Waals surface area contributed by atoms with Crippen LogP contribution in [0.1, 0.15) is 13.3 Å². The predicted molar refractivity (Wildman–Crippen MR) is 77.0 cm³/mol. The summed E-state index contributed by atoms with van der Waals surface area (Å²) in [5.41, 5.74) is -0.531. The number of halogens is 2. The van der Waals surface area contributed by atoms with Crippen LogP contribution in [-0.2, 0) is 14.8 Å². The Morgan fingerprint density at radius 3 is 2.62 bits per heavy atom. The molecule has 0 spiro atoms. The Morgan fingerprint density at radius 1 is 1.52 bits per heavy atom. The van der Waals surface area contributed by atoms with Gasteiger partial charge in [0, 0.05) is 19.2 Å². The lowest BCUT2D eigenvalue weighted by molar-refractivity contribution is -0.385. The average molecular weight is 385 g/mol. The van der Waals surface area contributed by atoms with E-state index in [1.807, 2.05) is 0 Å². The molecule has 0 aliphatic carbocycles. The first-order chi connectivity index (χ1) is 9.72. The van der Waals surface area contributed by atoms with Gasteiger partial charge < -0.3 is 4.74 Å². The van der Waals surface area contributed by atoms with Gasteiger partial charge in [0.2, 0.25) is 10.0 Å². The van der Waals surface area contributed by atoms with E-state index in [0.717, 1.165) is 6.07 Å². The van der Waals surface area contributed by atoms with E-state index < -0.39 is 37.4 Å². The third-order valence-electron chi connectivity index (χ3n) is 2.67. The van der Waals surface area contributed by atoms with E-state index in [9.17, 15) is 22.9 Å². The number of hydrogen-bond acceptors (Lipinski definition) is 5. The van der Waals surface area contributed by atoms with Crippen LogP contribution in [0.15, 0.2) is 21.5 Å². The molecular weight excluding hydrogens is 371 g/mol. The first-order valence-corrected chi connectivity index (χ1v) is 8.15. The highest BCUT2D eigenvalue weighted by Gasteiger charge is 2.27. The highest BCUT2D eigenvalue weighted by molar-refractivity contribution is 9.10. The minimum atomic E-state index is -4.23. The topological polar surface area (TPSA) is 98.5 Å². The van der Waals surface area contributed by atoms with Crippen LogP contribution in [-0.4, -0.2) is 33.1 Å². The average Bonchev–Trinajstić information content (AvgIpc) is 2.37. The van der Waals surface area contributed by atoms with Crippen molar-refractivity contribution in [2.75, 3.05) is 13.7 Å². The molecule has 21 heavy (non-hydrogen) atoms. The number of nitro benzene ring substituents is 1. The van der Waals surface area contributed by atoms with E-state index >= 15 is 0 Å². The zero-order valence-electron chi connectivity index (χ0n) is 11.3. The van der Waals surface area contributed by atoms with Gasteiger partial charge >= 0.3 is 0 Å². The van der Waals surface area contributed by atoms with Crippen LogP contribution in [0.25, 0.3) is 0 Å². The number of hydrogen-bond donors (Lipinski definition) is 1. The van der Waals surface area contributed by atoms with Gasteiger partial charge in [-0.1, -0.05) is 6.92 Å². The molecule has 1 atom stereocenters. The fraction of sp³-hybridized carbons (Fsp3) is 0.455. The van der Waals surface area contributed by atoms with Crippen molar-refractivity contribution in [2.45, 2.75) is 24.3 Å². The Labute approximate surface area is 129 Å². The fourth-order valence-corrected chi connectivity index (χ4v) is 3.43. The zero-order valence-corrected chi connectivity index (χ0v) is 13.7. The van der Waals surface area contributed by atoms with Gasteiger partial charge in [-0.2, -0.15) is 0 Å². The zero-order chi connectivity index (χ0) is 16.2. The van der Waals surface area contributed by atoms with E-state index in [0.29, 0.717) is 12.5 Å². The number of nitro groups is 1. The number of nitrogens with zero attached hydrogens (tertiary/aromatic N) is 1. The van der Waals surface area contributed by atoms with Crippen LogP contribution in [0.3, 0.4) is 0 Å². The number of nitrogens with one attached hydrogen (secondary N) is 1. The van der Waals surface area contributed by atoms with Crippen molar-refractivity contribution in [2.24, 2.45) is 0 Å². The SMILES string of the molecule is CCC(COC)NS(=O)(=O)c1cc([N+](=O)[O-])c(Br)cc1F. The van der Waals surface area contributed by atoms with Crippen molar-refractivity contribution in [3.63, 3.8) is 0 Å². The summed E-state index contributed by atoms with van der Waals surface area (Å²) < 4.78 is 45.1. The molecule has 10 heteroatoms. The summed E-state index contributed by atoms with van der Waals surface area (Å²) in [5, 5.41) is 10.8. The molecule has 0 radical (unpaired) electrons. The van der Waals surface area contributed by atoms with Crippen molar-refractivity contribution >= 4 is 31.6 Å². The third-order valence-corrected chi connectivity index (χ3v) is 4.84. The normalized spacial score (nSPS) is 13.1. The minimum absolute atomic E-state index is 0.107. The Morgan fingerprint density at radius 2 is 2.14 bits per heavy atom. The molecule has 0 heterocycles. The number of benzene rings is 1. The van der Waals surface area contributed by atoms with Crippen LogP contribution in [0, 0.1) is 15.9 Å². The molecule has 1 N–H and O–H groups in total. The second-order valence-electron chi connectivity index (χ2n) is 4.17. The lowest BCUT2D eigenvalue weighted by Crippen LogP contribution is -2.37. The Hall–Kier alpha value is -1.10. The van der Waals surface area contributed by atoms with Gasteiger partial charge in [-0.3, -0.25) is 10.1 Å².